The molecule has 1 fully saturated rings. The van der Waals surface area contributed by atoms with Crippen molar-refractivity contribution in [2.45, 2.75) is 45.6 Å². The number of carbonyl (C=O) groups excluding carboxylic acids is 1. The monoisotopic (exact) mass is 308 g/mol. The Balaban J connectivity index is 2.22. The molecule has 21 heavy (non-hydrogen) atoms. The van der Waals surface area contributed by atoms with Crippen molar-refractivity contribution < 1.29 is 4.79 Å². The quantitative estimate of drug-likeness (QED) is 0.896. The third kappa shape index (κ3) is 4.13. The minimum atomic E-state index is 0.00392. The number of halogens is 1. The number of benzene rings is 1. The maximum absolute atomic E-state index is 12.3. The molecule has 0 bridgehead atoms. The molecule has 0 aromatic heterocycles. The molecule has 0 saturated heterocycles. The standard InChI is InChI=1S/C17H25ClN2O/c1-17(2)9-5-6-13(11-17)19-15-10-12(18)7-8-14(15)16(21)20(3)4/h7-8,10,13,19H,5-6,9,11H2,1-4H3. The molecule has 1 N–H and O–H groups in total. The highest BCUT2D eigenvalue weighted by molar-refractivity contribution is 6.31. The number of nitrogens with zero attached hydrogens (tertiary/aromatic N) is 1. The molecule has 1 aliphatic carbocycles. The van der Waals surface area contributed by atoms with Gasteiger partial charge in [0, 0.05) is 30.8 Å². The van der Waals surface area contributed by atoms with Crippen LogP contribution in [0.25, 0.3) is 0 Å². The Bertz CT molecular complexity index is 526. The number of hydrogen-bond donors (Lipinski definition) is 1. The summed E-state index contributed by atoms with van der Waals surface area (Å²) in [6.45, 7) is 4.62. The zero-order valence-electron chi connectivity index (χ0n) is 13.4. The van der Waals surface area contributed by atoms with Gasteiger partial charge in [-0.15, -0.1) is 0 Å². The topological polar surface area (TPSA) is 32.3 Å². The van der Waals surface area contributed by atoms with Crippen LogP contribution in [0.5, 0.6) is 0 Å². The van der Waals surface area contributed by atoms with Gasteiger partial charge < -0.3 is 10.2 Å². The van der Waals surface area contributed by atoms with E-state index in [1.54, 1.807) is 31.1 Å². The summed E-state index contributed by atoms with van der Waals surface area (Å²) in [6, 6.07) is 5.84. The Kier molecular flexibility index (Phi) is 4.82. The average molecular weight is 309 g/mol. The first kappa shape index (κ1) is 16.2. The second kappa shape index (κ2) is 6.27. The summed E-state index contributed by atoms with van der Waals surface area (Å²) in [7, 11) is 3.54. The number of rotatable bonds is 3. The molecule has 1 aromatic carbocycles. The largest absolute Gasteiger partial charge is 0.382 e. The number of nitrogens with one attached hydrogen (secondary N) is 1. The lowest BCUT2D eigenvalue weighted by Crippen LogP contribution is -2.32. The smallest absolute Gasteiger partial charge is 0.255 e. The molecule has 0 spiro atoms. The van der Waals surface area contributed by atoms with Crippen LogP contribution in [0.3, 0.4) is 0 Å². The Hall–Kier alpha value is -1.22. The Morgan fingerprint density at radius 3 is 2.71 bits per heavy atom. The minimum Gasteiger partial charge on any atom is -0.382 e. The van der Waals surface area contributed by atoms with E-state index in [-0.39, 0.29) is 5.91 Å². The van der Waals surface area contributed by atoms with E-state index >= 15 is 0 Å². The lowest BCUT2D eigenvalue weighted by atomic mass is 9.75. The van der Waals surface area contributed by atoms with Gasteiger partial charge in [0.2, 0.25) is 0 Å². The van der Waals surface area contributed by atoms with E-state index in [4.69, 9.17) is 11.6 Å². The first-order valence-electron chi connectivity index (χ1n) is 7.56. The Morgan fingerprint density at radius 2 is 2.10 bits per heavy atom. The number of carbonyl (C=O) groups is 1. The summed E-state index contributed by atoms with van der Waals surface area (Å²) in [6.07, 6.45) is 4.76. The van der Waals surface area contributed by atoms with Crippen LogP contribution in [0.15, 0.2) is 18.2 Å². The predicted molar refractivity (Wildman–Crippen MR) is 89.1 cm³/mol. The number of anilines is 1. The van der Waals surface area contributed by atoms with Crippen molar-refractivity contribution in [1.29, 1.82) is 0 Å². The third-order valence-corrected chi connectivity index (χ3v) is 4.42. The maximum atomic E-state index is 12.3. The molecule has 0 aliphatic heterocycles. The fourth-order valence-electron chi connectivity index (χ4n) is 3.10. The van der Waals surface area contributed by atoms with Crippen molar-refractivity contribution in [1.82, 2.24) is 4.90 Å². The van der Waals surface area contributed by atoms with E-state index in [1.807, 2.05) is 6.07 Å². The van der Waals surface area contributed by atoms with Crippen molar-refractivity contribution in [2.24, 2.45) is 5.41 Å². The number of amides is 1. The average Bonchev–Trinajstić information content (AvgIpc) is 2.37. The van der Waals surface area contributed by atoms with Crippen molar-refractivity contribution in [3.8, 4) is 0 Å². The van der Waals surface area contributed by atoms with Gasteiger partial charge in [-0.3, -0.25) is 4.79 Å². The first-order chi connectivity index (χ1) is 9.78. The van der Waals surface area contributed by atoms with E-state index in [0.717, 1.165) is 18.5 Å². The minimum absolute atomic E-state index is 0.00392. The summed E-state index contributed by atoms with van der Waals surface area (Å²) in [5, 5.41) is 4.21. The highest BCUT2D eigenvalue weighted by Crippen LogP contribution is 2.37. The highest BCUT2D eigenvalue weighted by atomic mass is 35.5. The molecular weight excluding hydrogens is 284 g/mol. The highest BCUT2D eigenvalue weighted by Gasteiger charge is 2.28. The molecule has 116 valence electrons. The van der Waals surface area contributed by atoms with Gasteiger partial charge in [0.05, 0.1) is 5.56 Å². The van der Waals surface area contributed by atoms with Crippen LogP contribution in [0.4, 0.5) is 5.69 Å². The van der Waals surface area contributed by atoms with Crippen LogP contribution in [0.2, 0.25) is 5.02 Å². The van der Waals surface area contributed by atoms with Crippen molar-refractivity contribution >= 4 is 23.2 Å². The molecule has 3 nitrogen and oxygen atoms in total. The van der Waals surface area contributed by atoms with Gasteiger partial charge >= 0.3 is 0 Å². The van der Waals surface area contributed by atoms with E-state index in [2.05, 4.69) is 19.2 Å². The van der Waals surface area contributed by atoms with Gasteiger partial charge in [-0.2, -0.15) is 0 Å². The fraction of sp³-hybridized carbons (Fsp3) is 0.588. The summed E-state index contributed by atoms with van der Waals surface area (Å²) >= 11 is 6.11. The van der Waals surface area contributed by atoms with Gasteiger partial charge in [-0.25, -0.2) is 0 Å². The van der Waals surface area contributed by atoms with E-state index < -0.39 is 0 Å². The molecule has 1 aliphatic rings. The van der Waals surface area contributed by atoms with Crippen LogP contribution in [-0.2, 0) is 0 Å². The predicted octanol–water partition coefficient (Wildman–Crippen LogP) is 4.42. The fourth-order valence-corrected chi connectivity index (χ4v) is 3.28. The van der Waals surface area contributed by atoms with E-state index in [1.165, 1.54) is 12.8 Å². The summed E-state index contributed by atoms with van der Waals surface area (Å²) in [4.78, 5) is 13.9. The van der Waals surface area contributed by atoms with Gasteiger partial charge in [-0.05, 0) is 42.9 Å². The maximum Gasteiger partial charge on any atom is 0.255 e. The van der Waals surface area contributed by atoms with Gasteiger partial charge in [0.15, 0.2) is 0 Å². The molecule has 1 saturated carbocycles. The molecule has 2 rings (SSSR count). The molecule has 0 heterocycles. The van der Waals surface area contributed by atoms with Gasteiger partial charge in [0.1, 0.15) is 0 Å². The molecule has 1 aromatic rings. The van der Waals surface area contributed by atoms with Crippen molar-refractivity contribution in [3.63, 3.8) is 0 Å². The molecule has 1 amide bonds. The Morgan fingerprint density at radius 1 is 1.38 bits per heavy atom. The van der Waals surface area contributed by atoms with Crippen molar-refractivity contribution in [2.75, 3.05) is 19.4 Å². The van der Waals surface area contributed by atoms with E-state index in [0.29, 0.717) is 22.0 Å². The lowest BCUT2D eigenvalue weighted by molar-refractivity contribution is 0.0828. The van der Waals surface area contributed by atoms with E-state index in [9.17, 15) is 4.79 Å². The van der Waals surface area contributed by atoms with Crippen LogP contribution >= 0.6 is 11.6 Å². The normalized spacial score (nSPS) is 20.9. The van der Waals surface area contributed by atoms with Crippen LogP contribution < -0.4 is 5.32 Å². The molecule has 0 radical (unpaired) electrons. The van der Waals surface area contributed by atoms with Gasteiger partial charge in [-0.1, -0.05) is 31.9 Å². The summed E-state index contributed by atoms with van der Waals surface area (Å²) < 4.78 is 0. The summed E-state index contributed by atoms with van der Waals surface area (Å²) in [5.41, 5.74) is 1.90. The first-order valence-corrected chi connectivity index (χ1v) is 7.94. The molecular formula is C17H25ClN2O. The van der Waals surface area contributed by atoms with Crippen LogP contribution in [0.1, 0.15) is 49.9 Å². The SMILES string of the molecule is CN(C)C(=O)c1ccc(Cl)cc1NC1CCCC(C)(C)C1. The second-order valence-electron chi connectivity index (χ2n) is 6.99. The second-order valence-corrected chi connectivity index (χ2v) is 7.43. The van der Waals surface area contributed by atoms with Crippen LogP contribution in [0, 0.1) is 5.41 Å². The summed E-state index contributed by atoms with van der Waals surface area (Å²) in [5.74, 6) is 0.00392. The molecule has 4 heteroatoms. The zero-order valence-corrected chi connectivity index (χ0v) is 14.1. The molecule has 1 unspecified atom stereocenters. The van der Waals surface area contributed by atoms with Crippen LogP contribution in [-0.4, -0.2) is 30.9 Å². The Labute approximate surface area is 132 Å². The molecule has 1 atom stereocenters. The third-order valence-electron chi connectivity index (χ3n) is 4.18. The zero-order chi connectivity index (χ0) is 15.6. The van der Waals surface area contributed by atoms with Gasteiger partial charge in [0.25, 0.3) is 5.91 Å². The number of hydrogen-bond acceptors (Lipinski definition) is 2. The lowest BCUT2D eigenvalue weighted by Gasteiger charge is -2.36. The van der Waals surface area contributed by atoms with Crippen molar-refractivity contribution in [3.05, 3.63) is 28.8 Å².